The third-order valence-corrected chi connectivity index (χ3v) is 7.39. The molecule has 2 aromatic carbocycles. The summed E-state index contributed by atoms with van der Waals surface area (Å²) in [6, 6.07) is 11.8. The van der Waals surface area contributed by atoms with Gasteiger partial charge in [-0.1, -0.05) is 37.9 Å². The first-order valence-corrected chi connectivity index (χ1v) is 13.9. The lowest BCUT2D eigenvalue weighted by Crippen LogP contribution is -2.30. The number of rotatable bonds is 9. The summed E-state index contributed by atoms with van der Waals surface area (Å²) in [5.74, 6) is 0.163. The maximum absolute atomic E-state index is 13.0. The van der Waals surface area contributed by atoms with Gasteiger partial charge in [0.1, 0.15) is 18.1 Å². The summed E-state index contributed by atoms with van der Waals surface area (Å²) in [6.07, 6.45) is 1.57. The molecule has 0 bridgehead atoms. The number of nitrogens with one attached hydrogen (secondary N) is 1. The number of furan rings is 1. The minimum atomic E-state index is -0.648. The summed E-state index contributed by atoms with van der Waals surface area (Å²) in [6.45, 7) is 2.46. The summed E-state index contributed by atoms with van der Waals surface area (Å²) < 4.78 is 24.6. The Morgan fingerprint density at radius 3 is 2.63 bits per heavy atom. The van der Waals surface area contributed by atoms with Crippen LogP contribution in [0.25, 0.3) is 6.08 Å². The van der Waals surface area contributed by atoms with E-state index in [4.69, 9.17) is 13.9 Å². The smallest absolute Gasteiger partial charge is 0.373 e. The molecular formula is C26H21Br2IN2O7. The second-order valence-corrected chi connectivity index (χ2v) is 10.9. The first-order valence-electron chi connectivity index (χ1n) is 11.2. The summed E-state index contributed by atoms with van der Waals surface area (Å²) in [7, 11) is 1.23. The van der Waals surface area contributed by atoms with Gasteiger partial charge < -0.3 is 23.9 Å². The number of methoxy groups -OCH3 is 1. The van der Waals surface area contributed by atoms with Crippen LogP contribution < -0.4 is 14.8 Å². The van der Waals surface area contributed by atoms with Gasteiger partial charge in [-0.25, -0.2) is 9.59 Å². The Bertz CT molecular complexity index is 1440. The molecular weight excluding hydrogens is 739 g/mol. The Morgan fingerprint density at radius 1 is 1.13 bits per heavy atom. The number of imide groups is 1. The van der Waals surface area contributed by atoms with E-state index in [9.17, 15) is 14.4 Å². The molecule has 3 aromatic rings. The molecule has 0 atom stereocenters. The average molecular weight is 760 g/mol. The number of carbonyl (C=O) groups is 3. The van der Waals surface area contributed by atoms with Gasteiger partial charge in [0.15, 0.2) is 11.5 Å². The first-order chi connectivity index (χ1) is 18.2. The van der Waals surface area contributed by atoms with Gasteiger partial charge >= 0.3 is 12.0 Å². The summed E-state index contributed by atoms with van der Waals surface area (Å²) in [5.41, 5.74) is 1.71. The predicted molar refractivity (Wildman–Crippen MR) is 154 cm³/mol. The van der Waals surface area contributed by atoms with Crippen molar-refractivity contribution < 1.29 is 33.0 Å². The van der Waals surface area contributed by atoms with Crippen LogP contribution in [0, 0.1) is 3.57 Å². The van der Waals surface area contributed by atoms with E-state index in [1.54, 1.807) is 12.1 Å². The van der Waals surface area contributed by atoms with Crippen molar-refractivity contribution in [3.63, 3.8) is 0 Å². The zero-order valence-electron chi connectivity index (χ0n) is 20.2. The predicted octanol–water partition coefficient (Wildman–Crippen LogP) is 6.27. The monoisotopic (exact) mass is 758 g/mol. The minimum Gasteiger partial charge on any atom is -0.490 e. The Hall–Kier alpha value is -2.84. The average Bonchev–Trinajstić information content (AvgIpc) is 3.45. The van der Waals surface area contributed by atoms with Crippen LogP contribution in [0.1, 0.15) is 34.4 Å². The molecule has 198 valence electrons. The fourth-order valence-corrected chi connectivity index (χ4v) is 5.52. The van der Waals surface area contributed by atoms with Gasteiger partial charge in [-0.3, -0.25) is 9.69 Å². The first kappa shape index (κ1) is 28.2. The highest BCUT2D eigenvalue weighted by atomic mass is 127. The van der Waals surface area contributed by atoms with Gasteiger partial charge in [0.05, 0.1) is 23.8 Å². The van der Waals surface area contributed by atoms with E-state index in [0.29, 0.717) is 30.3 Å². The van der Waals surface area contributed by atoms with Crippen LogP contribution in [0.3, 0.4) is 0 Å². The van der Waals surface area contributed by atoms with Crippen LogP contribution in [0.15, 0.2) is 61.5 Å². The van der Waals surface area contributed by atoms with Crippen LogP contribution in [-0.4, -0.2) is 36.5 Å². The standard InChI is InChI=1S/C26H21Br2IN2O7/c1-3-36-22-10-14(8-19(29)23(22)37-13-15-4-5-16(27)11-18(15)28)9-20-24(32)31(26(34)30-20)12-17-6-7-21(38-17)25(33)35-2/h4-11H,3,12-13H2,1-2H3,(H,30,34)/b20-9-. The maximum atomic E-state index is 13.0. The van der Waals surface area contributed by atoms with Crippen LogP contribution in [0.5, 0.6) is 11.5 Å². The number of hydrogen-bond acceptors (Lipinski definition) is 7. The molecule has 1 saturated heterocycles. The molecule has 0 unspecified atom stereocenters. The summed E-state index contributed by atoms with van der Waals surface area (Å²) >= 11 is 9.14. The van der Waals surface area contributed by atoms with E-state index in [0.717, 1.165) is 23.0 Å². The molecule has 1 N–H and O–H groups in total. The number of ether oxygens (including phenoxy) is 3. The Morgan fingerprint density at radius 2 is 1.92 bits per heavy atom. The number of hydrogen-bond donors (Lipinski definition) is 1. The number of amides is 3. The SMILES string of the molecule is CCOc1cc(/C=C2\NC(=O)N(Cc3ccc(C(=O)OC)o3)C2=O)cc(I)c1OCc1ccc(Br)cc1Br. The Kier molecular flexibility index (Phi) is 9.15. The lowest BCUT2D eigenvalue weighted by atomic mass is 10.1. The van der Waals surface area contributed by atoms with Crippen molar-refractivity contribution in [1.82, 2.24) is 10.2 Å². The zero-order valence-corrected chi connectivity index (χ0v) is 25.5. The quantitative estimate of drug-likeness (QED) is 0.119. The van der Waals surface area contributed by atoms with Crippen molar-refractivity contribution in [2.75, 3.05) is 13.7 Å². The second kappa shape index (κ2) is 12.3. The molecule has 0 radical (unpaired) electrons. The Balaban J connectivity index is 1.53. The minimum absolute atomic E-state index is 0.0156. The van der Waals surface area contributed by atoms with Crippen LogP contribution >= 0.6 is 54.5 Å². The van der Waals surface area contributed by atoms with Crippen molar-refractivity contribution in [1.29, 1.82) is 0 Å². The molecule has 38 heavy (non-hydrogen) atoms. The molecule has 1 aliphatic heterocycles. The van der Waals surface area contributed by atoms with Crippen molar-refractivity contribution >= 4 is 78.4 Å². The molecule has 1 fully saturated rings. The lowest BCUT2D eigenvalue weighted by Gasteiger charge is -2.15. The number of carbonyl (C=O) groups excluding carboxylic acids is 3. The largest absolute Gasteiger partial charge is 0.490 e. The third kappa shape index (κ3) is 6.41. The number of benzene rings is 2. The summed E-state index contributed by atoms with van der Waals surface area (Å²) in [4.78, 5) is 38.1. The zero-order chi connectivity index (χ0) is 27.4. The van der Waals surface area contributed by atoms with Gasteiger partial charge in [-0.15, -0.1) is 0 Å². The summed E-state index contributed by atoms with van der Waals surface area (Å²) in [5, 5.41) is 2.59. The molecule has 3 amide bonds. The molecule has 0 saturated carbocycles. The number of nitrogens with zero attached hydrogens (tertiary/aromatic N) is 1. The highest BCUT2D eigenvalue weighted by Crippen LogP contribution is 2.36. The third-order valence-electron chi connectivity index (χ3n) is 5.35. The molecule has 12 heteroatoms. The normalized spacial score (nSPS) is 14.1. The van der Waals surface area contributed by atoms with Crippen molar-refractivity contribution in [3.8, 4) is 11.5 Å². The highest BCUT2D eigenvalue weighted by molar-refractivity contribution is 14.1. The van der Waals surface area contributed by atoms with Gasteiger partial charge in [0.2, 0.25) is 5.76 Å². The van der Waals surface area contributed by atoms with Crippen molar-refractivity contribution in [3.05, 3.63) is 83.3 Å². The molecule has 4 rings (SSSR count). The molecule has 9 nitrogen and oxygen atoms in total. The number of halogens is 3. The maximum Gasteiger partial charge on any atom is 0.373 e. The van der Waals surface area contributed by atoms with Crippen molar-refractivity contribution in [2.45, 2.75) is 20.1 Å². The van der Waals surface area contributed by atoms with Crippen LogP contribution in [0.2, 0.25) is 0 Å². The van der Waals surface area contributed by atoms with Gasteiger partial charge in [-0.05, 0) is 77.6 Å². The fraction of sp³-hybridized carbons (Fsp3) is 0.192. The lowest BCUT2D eigenvalue weighted by molar-refractivity contribution is -0.123. The van der Waals surface area contributed by atoms with E-state index in [1.165, 1.54) is 19.2 Å². The van der Waals surface area contributed by atoms with Gasteiger partial charge in [-0.2, -0.15) is 0 Å². The fourth-order valence-electron chi connectivity index (χ4n) is 3.57. The van der Waals surface area contributed by atoms with E-state index < -0.39 is 17.9 Å². The van der Waals surface area contributed by atoms with Gasteiger partial charge in [0.25, 0.3) is 5.91 Å². The van der Waals surface area contributed by atoms with E-state index in [-0.39, 0.29) is 23.8 Å². The van der Waals surface area contributed by atoms with Gasteiger partial charge in [0, 0.05) is 14.5 Å². The Labute approximate surface area is 248 Å². The van der Waals surface area contributed by atoms with E-state index in [2.05, 4.69) is 64.5 Å². The number of urea groups is 1. The van der Waals surface area contributed by atoms with Crippen LogP contribution in [-0.2, 0) is 22.7 Å². The molecule has 1 aromatic heterocycles. The van der Waals surface area contributed by atoms with E-state index >= 15 is 0 Å². The van der Waals surface area contributed by atoms with E-state index in [1.807, 2.05) is 31.2 Å². The van der Waals surface area contributed by atoms with Crippen molar-refractivity contribution in [2.24, 2.45) is 0 Å². The molecule has 0 spiro atoms. The molecule has 0 aliphatic carbocycles. The highest BCUT2D eigenvalue weighted by Gasteiger charge is 2.34. The molecule has 2 heterocycles. The number of esters is 1. The topological polar surface area (TPSA) is 107 Å². The van der Waals surface area contributed by atoms with Crippen LogP contribution in [0.4, 0.5) is 4.79 Å². The second-order valence-electron chi connectivity index (χ2n) is 7.92. The molecule has 1 aliphatic rings.